The third kappa shape index (κ3) is 5.11. The van der Waals surface area contributed by atoms with Crippen LogP contribution in [0, 0.1) is 5.82 Å². The van der Waals surface area contributed by atoms with E-state index < -0.39 is 6.17 Å². The van der Waals surface area contributed by atoms with Crippen molar-refractivity contribution < 1.29 is 8.78 Å². The van der Waals surface area contributed by atoms with Crippen LogP contribution in [0.4, 0.5) is 8.78 Å². The molecule has 2 N–H and O–H groups in total. The molecule has 106 valence electrons. The van der Waals surface area contributed by atoms with Crippen molar-refractivity contribution in [2.75, 3.05) is 0 Å². The summed E-state index contributed by atoms with van der Waals surface area (Å²) in [6.45, 7) is 5.51. The molecule has 1 aromatic carbocycles. The average molecular weight is 267 g/mol. The number of nitrogens with two attached hydrogens (primary N) is 1. The maximum atomic E-state index is 13.8. The van der Waals surface area contributed by atoms with Gasteiger partial charge in [0.15, 0.2) is 0 Å². The lowest BCUT2D eigenvalue weighted by molar-refractivity contribution is 0.372. The molecule has 0 aromatic heterocycles. The summed E-state index contributed by atoms with van der Waals surface area (Å²) < 4.78 is 26.9. The molecule has 0 fully saturated rings. The van der Waals surface area contributed by atoms with Crippen LogP contribution in [0.2, 0.25) is 0 Å². The van der Waals surface area contributed by atoms with Crippen LogP contribution in [0.15, 0.2) is 29.8 Å². The van der Waals surface area contributed by atoms with Gasteiger partial charge in [-0.3, -0.25) is 0 Å². The third-order valence-electron chi connectivity index (χ3n) is 3.16. The molecule has 0 amide bonds. The van der Waals surface area contributed by atoms with Gasteiger partial charge in [-0.25, -0.2) is 8.78 Å². The van der Waals surface area contributed by atoms with Crippen LogP contribution in [0.3, 0.4) is 0 Å². The SMILES string of the molecule is CC/C=C(/C)CC(N)Cc1ccc(C(C)F)cc1F. The molecule has 0 heterocycles. The average Bonchev–Trinajstić information content (AvgIpc) is 2.31. The van der Waals surface area contributed by atoms with E-state index in [4.69, 9.17) is 5.73 Å². The van der Waals surface area contributed by atoms with Crippen LogP contribution in [-0.2, 0) is 6.42 Å². The van der Waals surface area contributed by atoms with Gasteiger partial charge in [0.1, 0.15) is 12.0 Å². The molecule has 0 saturated carbocycles. The maximum Gasteiger partial charge on any atom is 0.126 e. The molecule has 0 aliphatic carbocycles. The van der Waals surface area contributed by atoms with Crippen molar-refractivity contribution in [2.45, 2.75) is 52.2 Å². The normalized spacial score (nSPS) is 15.4. The fourth-order valence-electron chi connectivity index (χ4n) is 2.18. The number of rotatable bonds is 6. The number of halogens is 2. The molecule has 1 nitrogen and oxygen atoms in total. The summed E-state index contributed by atoms with van der Waals surface area (Å²) in [4.78, 5) is 0. The zero-order chi connectivity index (χ0) is 14.4. The summed E-state index contributed by atoms with van der Waals surface area (Å²) in [5.41, 5.74) is 8.18. The van der Waals surface area contributed by atoms with Gasteiger partial charge >= 0.3 is 0 Å². The molecule has 0 saturated heterocycles. The summed E-state index contributed by atoms with van der Waals surface area (Å²) in [6, 6.07) is 4.43. The minimum Gasteiger partial charge on any atom is -0.327 e. The summed E-state index contributed by atoms with van der Waals surface area (Å²) in [5, 5.41) is 0. The van der Waals surface area contributed by atoms with Crippen LogP contribution >= 0.6 is 0 Å². The Morgan fingerprint density at radius 3 is 2.63 bits per heavy atom. The molecule has 2 unspecified atom stereocenters. The molecule has 0 radical (unpaired) electrons. The summed E-state index contributed by atoms with van der Waals surface area (Å²) in [7, 11) is 0. The molecule has 0 aliphatic heterocycles. The highest BCUT2D eigenvalue weighted by atomic mass is 19.1. The van der Waals surface area contributed by atoms with Gasteiger partial charge in [0.25, 0.3) is 0 Å². The Morgan fingerprint density at radius 1 is 1.42 bits per heavy atom. The van der Waals surface area contributed by atoms with Crippen LogP contribution in [-0.4, -0.2) is 6.04 Å². The van der Waals surface area contributed by atoms with Crippen molar-refractivity contribution in [2.24, 2.45) is 5.73 Å². The highest BCUT2D eigenvalue weighted by molar-refractivity contribution is 5.26. The van der Waals surface area contributed by atoms with E-state index in [0.717, 1.165) is 12.8 Å². The fraction of sp³-hybridized carbons (Fsp3) is 0.500. The molecule has 1 aromatic rings. The number of hydrogen-bond acceptors (Lipinski definition) is 1. The van der Waals surface area contributed by atoms with Crippen LogP contribution in [0.5, 0.6) is 0 Å². The van der Waals surface area contributed by atoms with E-state index in [1.54, 1.807) is 12.1 Å². The van der Waals surface area contributed by atoms with Crippen molar-refractivity contribution in [3.05, 3.63) is 46.8 Å². The number of benzene rings is 1. The van der Waals surface area contributed by atoms with Gasteiger partial charge < -0.3 is 5.73 Å². The monoisotopic (exact) mass is 267 g/mol. The maximum absolute atomic E-state index is 13.8. The molecule has 1 rings (SSSR count). The Bertz CT molecular complexity index is 438. The largest absolute Gasteiger partial charge is 0.327 e. The van der Waals surface area contributed by atoms with Crippen LogP contribution in [0.25, 0.3) is 0 Å². The van der Waals surface area contributed by atoms with Gasteiger partial charge in [0.05, 0.1) is 0 Å². The van der Waals surface area contributed by atoms with Crippen molar-refractivity contribution >= 4 is 0 Å². The Kier molecular flexibility index (Phi) is 6.16. The van der Waals surface area contributed by atoms with E-state index >= 15 is 0 Å². The molecular formula is C16H23F2N. The first kappa shape index (κ1) is 15.8. The first-order valence-corrected chi connectivity index (χ1v) is 6.77. The van der Waals surface area contributed by atoms with Gasteiger partial charge in [-0.1, -0.05) is 30.7 Å². The lowest BCUT2D eigenvalue weighted by Gasteiger charge is -2.13. The van der Waals surface area contributed by atoms with Gasteiger partial charge in [0.2, 0.25) is 0 Å². The Hall–Kier alpha value is -1.22. The summed E-state index contributed by atoms with van der Waals surface area (Å²) >= 11 is 0. The van der Waals surface area contributed by atoms with E-state index in [2.05, 4.69) is 13.0 Å². The molecule has 3 heteroatoms. The predicted octanol–water partition coefficient (Wildman–Crippen LogP) is 4.47. The molecule has 0 bridgehead atoms. The minimum atomic E-state index is -1.15. The van der Waals surface area contributed by atoms with E-state index in [1.807, 2.05) is 6.92 Å². The standard InChI is InChI=1S/C16H23F2N/c1-4-5-11(2)8-15(19)9-14-7-6-13(12(3)17)10-16(14)18/h5-7,10,12,15H,4,8-9,19H2,1-3H3/b11-5-. The van der Waals surface area contributed by atoms with E-state index in [9.17, 15) is 8.78 Å². The van der Waals surface area contributed by atoms with E-state index in [-0.39, 0.29) is 11.9 Å². The van der Waals surface area contributed by atoms with Gasteiger partial charge in [-0.05, 0) is 50.3 Å². The summed E-state index contributed by atoms with van der Waals surface area (Å²) in [5.74, 6) is -0.366. The summed E-state index contributed by atoms with van der Waals surface area (Å²) in [6.07, 6.45) is 3.20. The Morgan fingerprint density at radius 2 is 2.11 bits per heavy atom. The zero-order valence-electron chi connectivity index (χ0n) is 11.9. The second-order valence-corrected chi connectivity index (χ2v) is 5.09. The number of alkyl halides is 1. The molecule has 19 heavy (non-hydrogen) atoms. The molecule has 0 spiro atoms. The first-order valence-electron chi connectivity index (χ1n) is 6.77. The topological polar surface area (TPSA) is 26.0 Å². The highest BCUT2D eigenvalue weighted by Gasteiger charge is 2.11. The molecular weight excluding hydrogens is 244 g/mol. The minimum absolute atomic E-state index is 0.106. The lowest BCUT2D eigenvalue weighted by atomic mass is 9.98. The van der Waals surface area contributed by atoms with Gasteiger partial charge in [-0.2, -0.15) is 0 Å². The molecule has 0 aliphatic rings. The lowest BCUT2D eigenvalue weighted by Crippen LogP contribution is -2.23. The van der Waals surface area contributed by atoms with Gasteiger partial charge in [-0.15, -0.1) is 0 Å². The Labute approximate surface area is 114 Å². The Balaban J connectivity index is 2.69. The van der Waals surface area contributed by atoms with Crippen molar-refractivity contribution in [3.63, 3.8) is 0 Å². The predicted molar refractivity (Wildman–Crippen MR) is 76.3 cm³/mol. The second-order valence-electron chi connectivity index (χ2n) is 5.09. The van der Waals surface area contributed by atoms with Crippen molar-refractivity contribution in [1.82, 2.24) is 0 Å². The quantitative estimate of drug-likeness (QED) is 0.756. The first-order chi connectivity index (χ1) is 8.93. The zero-order valence-corrected chi connectivity index (χ0v) is 11.9. The van der Waals surface area contributed by atoms with Crippen molar-refractivity contribution in [1.29, 1.82) is 0 Å². The van der Waals surface area contributed by atoms with E-state index in [1.165, 1.54) is 18.6 Å². The fourth-order valence-corrected chi connectivity index (χ4v) is 2.18. The smallest absolute Gasteiger partial charge is 0.126 e. The number of allylic oxidation sites excluding steroid dienone is 1. The van der Waals surface area contributed by atoms with Crippen LogP contribution in [0.1, 0.15) is 50.9 Å². The van der Waals surface area contributed by atoms with E-state index in [0.29, 0.717) is 17.5 Å². The number of hydrogen-bond donors (Lipinski definition) is 1. The van der Waals surface area contributed by atoms with Gasteiger partial charge in [0, 0.05) is 6.04 Å². The molecule has 2 atom stereocenters. The van der Waals surface area contributed by atoms with Crippen LogP contribution < -0.4 is 5.73 Å². The highest BCUT2D eigenvalue weighted by Crippen LogP contribution is 2.20. The second kappa shape index (κ2) is 7.39. The third-order valence-corrected chi connectivity index (χ3v) is 3.16. The van der Waals surface area contributed by atoms with Crippen molar-refractivity contribution in [3.8, 4) is 0 Å².